The Labute approximate surface area is 195 Å². The van der Waals surface area contributed by atoms with Crippen LogP contribution in [0, 0.1) is 19.7 Å². The lowest BCUT2D eigenvalue weighted by Gasteiger charge is -2.36. The normalized spacial score (nSPS) is 14.4. The highest BCUT2D eigenvalue weighted by Gasteiger charge is 2.32. The van der Waals surface area contributed by atoms with Crippen molar-refractivity contribution >= 4 is 11.7 Å². The summed E-state index contributed by atoms with van der Waals surface area (Å²) in [4.78, 5) is 25.5. The average Bonchev–Trinajstić information content (AvgIpc) is 2.81. The van der Waals surface area contributed by atoms with Crippen molar-refractivity contribution in [2.75, 3.05) is 31.1 Å². The second-order valence-electron chi connectivity index (χ2n) is 8.28. The number of anilines is 1. The van der Waals surface area contributed by atoms with Crippen molar-refractivity contribution in [1.29, 1.82) is 0 Å². The summed E-state index contributed by atoms with van der Waals surface area (Å²) in [6.45, 7) is 5.21. The van der Waals surface area contributed by atoms with Crippen molar-refractivity contribution in [3.63, 3.8) is 0 Å². The van der Waals surface area contributed by atoms with Crippen molar-refractivity contribution in [1.82, 2.24) is 14.9 Å². The number of piperazine rings is 1. The van der Waals surface area contributed by atoms with Gasteiger partial charge in [0.1, 0.15) is 17.5 Å². The average molecular weight is 472 g/mol. The maximum absolute atomic E-state index is 14.3. The van der Waals surface area contributed by atoms with E-state index >= 15 is 0 Å². The zero-order valence-electron chi connectivity index (χ0n) is 18.9. The molecule has 3 aromatic rings. The summed E-state index contributed by atoms with van der Waals surface area (Å²) in [5.41, 5.74) is 1.28. The van der Waals surface area contributed by atoms with Crippen molar-refractivity contribution in [3.05, 3.63) is 88.1 Å². The number of nitrogens with zero attached hydrogens (tertiary/aromatic N) is 4. The van der Waals surface area contributed by atoms with Crippen LogP contribution in [-0.2, 0) is 12.6 Å². The zero-order valence-corrected chi connectivity index (χ0v) is 18.9. The molecular formula is C25H24F4N4O. The molecular weight excluding hydrogens is 448 g/mol. The molecule has 0 radical (unpaired) electrons. The first-order valence-corrected chi connectivity index (χ1v) is 10.9. The molecule has 9 heteroatoms. The highest BCUT2D eigenvalue weighted by atomic mass is 19.4. The number of aromatic nitrogens is 2. The van der Waals surface area contributed by atoms with Gasteiger partial charge in [-0.15, -0.1) is 0 Å². The Bertz CT molecular complexity index is 1200. The topological polar surface area (TPSA) is 49.3 Å². The van der Waals surface area contributed by atoms with E-state index in [1.807, 2.05) is 11.8 Å². The number of halogens is 4. The third kappa shape index (κ3) is 5.03. The quantitative estimate of drug-likeness (QED) is 0.512. The molecule has 178 valence electrons. The van der Waals surface area contributed by atoms with E-state index in [0.717, 1.165) is 23.4 Å². The largest absolute Gasteiger partial charge is 0.416 e. The molecule has 1 aliphatic rings. The van der Waals surface area contributed by atoms with Crippen LogP contribution in [0.15, 0.2) is 48.5 Å². The summed E-state index contributed by atoms with van der Waals surface area (Å²) in [7, 11) is 0. The summed E-state index contributed by atoms with van der Waals surface area (Å²) >= 11 is 0. The van der Waals surface area contributed by atoms with Crippen LogP contribution < -0.4 is 4.90 Å². The molecule has 4 rings (SSSR count). The van der Waals surface area contributed by atoms with Gasteiger partial charge in [-0.2, -0.15) is 13.2 Å². The molecule has 0 N–H and O–H groups in total. The number of carbonyl (C=O) groups excluding carboxylic acids is 1. The number of carbonyl (C=O) groups is 1. The van der Waals surface area contributed by atoms with Gasteiger partial charge in [-0.25, -0.2) is 14.4 Å². The Morgan fingerprint density at radius 2 is 1.68 bits per heavy atom. The molecule has 1 amide bonds. The van der Waals surface area contributed by atoms with Crippen LogP contribution in [-0.4, -0.2) is 47.0 Å². The number of amides is 1. The fraction of sp³-hybridized carbons (Fsp3) is 0.320. The number of hydrogen-bond acceptors (Lipinski definition) is 4. The van der Waals surface area contributed by atoms with Gasteiger partial charge < -0.3 is 9.80 Å². The van der Waals surface area contributed by atoms with E-state index in [0.29, 0.717) is 49.8 Å². The third-order valence-corrected chi connectivity index (χ3v) is 5.93. The number of benzene rings is 2. The maximum Gasteiger partial charge on any atom is 0.416 e. The highest BCUT2D eigenvalue weighted by molar-refractivity contribution is 5.94. The Kier molecular flexibility index (Phi) is 6.54. The van der Waals surface area contributed by atoms with Gasteiger partial charge in [-0.1, -0.05) is 24.3 Å². The first-order valence-electron chi connectivity index (χ1n) is 10.9. The summed E-state index contributed by atoms with van der Waals surface area (Å²) in [5, 5.41) is 0. The number of hydrogen-bond donors (Lipinski definition) is 0. The van der Waals surface area contributed by atoms with Crippen LogP contribution in [0.2, 0.25) is 0 Å². The lowest BCUT2D eigenvalue weighted by molar-refractivity contribution is -0.137. The maximum atomic E-state index is 14.3. The fourth-order valence-electron chi connectivity index (χ4n) is 4.15. The van der Waals surface area contributed by atoms with E-state index in [1.165, 1.54) is 18.2 Å². The molecule has 2 aromatic carbocycles. The number of aryl methyl sites for hydroxylation is 2. The van der Waals surface area contributed by atoms with E-state index in [1.54, 1.807) is 30.0 Å². The molecule has 1 aromatic heterocycles. The number of rotatable bonds is 4. The molecule has 0 spiro atoms. The van der Waals surface area contributed by atoms with E-state index in [9.17, 15) is 22.4 Å². The Morgan fingerprint density at radius 1 is 0.971 bits per heavy atom. The minimum absolute atomic E-state index is 0.0113. The van der Waals surface area contributed by atoms with Crippen molar-refractivity contribution in [3.8, 4) is 0 Å². The van der Waals surface area contributed by atoms with Gasteiger partial charge >= 0.3 is 6.18 Å². The van der Waals surface area contributed by atoms with Crippen LogP contribution in [0.3, 0.4) is 0 Å². The molecule has 0 bridgehead atoms. The van der Waals surface area contributed by atoms with Gasteiger partial charge in [0.05, 0.1) is 5.56 Å². The van der Waals surface area contributed by atoms with Crippen LogP contribution in [0.1, 0.15) is 38.6 Å². The number of alkyl halides is 3. The Morgan fingerprint density at radius 3 is 2.35 bits per heavy atom. The molecule has 34 heavy (non-hydrogen) atoms. The highest BCUT2D eigenvalue weighted by Crippen LogP contribution is 2.30. The minimum atomic E-state index is -4.51. The molecule has 5 nitrogen and oxygen atoms in total. The Balaban J connectivity index is 1.52. The lowest BCUT2D eigenvalue weighted by atomic mass is 10.0. The standard InChI is InChI=1S/C25H24F4N4O/c1-16-21(15-18-6-3-4-9-22(18)26)23(31-17(2)30-16)32-10-12-33(13-11-32)24(34)19-7-5-8-20(14-19)25(27,28)29/h3-9,14H,10-13,15H2,1-2H3. The van der Waals surface area contributed by atoms with Gasteiger partial charge in [0, 0.05) is 49.4 Å². The molecule has 0 saturated carbocycles. The summed E-state index contributed by atoms with van der Waals surface area (Å²) in [6, 6.07) is 11.0. The second kappa shape index (κ2) is 9.40. The van der Waals surface area contributed by atoms with E-state index in [4.69, 9.17) is 0 Å². The van der Waals surface area contributed by atoms with Crippen LogP contribution in [0.5, 0.6) is 0 Å². The van der Waals surface area contributed by atoms with E-state index in [2.05, 4.69) is 9.97 Å². The Hall–Kier alpha value is -3.49. The smallest absolute Gasteiger partial charge is 0.353 e. The predicted molar refractivity (Wildman–Crippen MR) is 120 cm³/mol. The van der Waals surface area contributed by atoms with Crippen LogP contribution in [0.25, 0.3) is 0 Å². The van der Waals surface area contributed by atoms with Gasteiger partial charge in [0.25, 0.3) is 5.91 Å². The third-order valence-electron chi connectivity index (χ3n) is 5.93. The van der Waals surface area contributed by atoms with Crippen molar-refractivity contribution in [2.45, 2.75) is 26.4 Å². The molecule has 2 heterocycles. The summed E-state index contributed by atoms with van der Waals surface area (Å²) in [5.74, 6) is 0.545. The first-order chi connectivity index (χ1) is 16.1. The predicted octanol–water partition coefficient (Wildman–Crippen LogP) is 4.80. The molecule has 0 atom stereocenters. The summed E-state index contributed by atoms with van der Waals surface area (Å²) in [6.07, 6.45) is -4.18. The molecule has 1 fully saturated rings. The minimum Gasteiger partial charge on any atom is -0.353 e. The fourth-order valence-corrected chi connectivity index (χ4v) is 4.15. The summed E-state index contributed by atoms with van der Waals surface area (Å²) < 4.78 is 53.4. The lowest BCUT2D eigenvalue weighted by Crippen LogP contribution is -2.49. The zero-order chi connectivity index (χ0) is 24.5. The van der Waals surface area contributed by atoms with E-state index < -0.39 is 17.6 Å². The molecule has 1 saturated heterocycles. The van der Waals surface area contributed by atoms with E-state index in [-0.39, 0.29) is 11.4 Å². The second-order valence-corrected chi connectivity index (χ2v) is 8.28. The molecule has 0 aliphatic carbocycles. The molecule has 1 aliphatic heterocycles. The monoisotopic (exact) mass is 472 g/mol. The van der Waals surface area contributed by atoms with Crippen molar-refractivity contribution < 1.29 is 22.4 Å². The van der Waals surface area contributed by atoms with Crippen LogP contribution in [0.4, 0.5) is 23.4 Å². The van der Waals surface area contributed by atoms with Gasteiger partial charge in [0.2, 0.25) is 0 Å². The SMILES string of the molecule is Cc1nc(C)c(Cc2ccccc2F)c(N2CCN(C(=O)c3cccc(C(F)(F)F)c3)CC2)n1. The van der Waals surface area contributed by atoms with Gasteiger partial charge in [-0.05, 0) is 43.7 Å². The first kappa shape index (κ1) is 23.7. The van der Waals surface area contributed by atoms with Crippen LogP contribution >= 0.6 is 0 Å². The van der Waals surface area contributed by atoms with Gasteiger partial charge in [-0.3, -0.25) is 4.79 Å². The molecule has 0 unspecified atom stereocenters. The van der Waals surface area contributed by atoms with Gasteiger partial charge in [0.15, 0.2) is 0 Å². The van der Waals surface area contributed by atoms with Crippen molar-refractivity contribution in [2.24, 2.45) is 0 Å².